The van der Waals surface area contributed by atoms with Gasteiger partial charge in [0.2, 0.25) is 0 Å². The Morgan fingerprint density at radius 1 is 1.26 bits per heavy atom. The monoisotopic (exact) mass is 262 g/mol. The summed E-state index contributed by atoms with van der Waals surface area (Å²) in [6.45, 7) is 6.19. The van der Waals surface area contributed by atoms with E-state index >= 15 is 0 Å². The zero-order valence-electron chi connectivity index (χ0n) is 11.7. The van der Waals surface area contributed by atoms with Crippen molar-refractivity contribution < 1.29 is 4.39 Å². The minimum absolute atomic E-state index is 0.0347. The molecule has 1 aromatic carbocycles. The molecule has 0 aromatic heterocycles. The highest BCUT2D eigenvalue weighted by atomic mass is 19.1. The van der Waals surface area contributed by atoms with Gasteiger partial charge in [0.15, 0.2) is 0 Å². The number of nitrogens with zero attached hydrogens (tertiary/aromatic N) is 1. The average Bonchev–Trinajstić information content (AvgIpc) is 3.04. The SMILES string of the molecule is CC1(c2ccc(CN3CCCC3)c(F)c2)CCCN1. The summed E-state index contributed by atoms with van der Waals surface area (Å²) in [5, 5.41) is 3.49. The number of benzene rings is 1. The summed E-state index contributed by atoms with van der Waals surface area (Å²) in [4.78, 5) is 2.34. The van der Waals surface area contributed by atoms with Gasteiger partial charge in [0, 0.05) is 17.6 Å². The summed E-state index contributed by atoms with van der Waals surface area (Å²) < 4.78 is 14.3. The van der Waals surface area contributed by atoms with E-state index in [0.717, 1.165) is 43.7 Å². The molecule has 2 nitrogen and oxygen atoms in total. The molecule has 0 aliphatic carbocycles. The molecule has 1 unspecified atom stereocenters. The molecule has 104 valence electrons. The van der Waals surface area contributed by atoms with Crippen LogP contribution in [0.2, 0.25) is 0 Å². The third-order valence-corrected chi connectivity index (χ3v) is 4.65. The maximum Gasteiger partial charge on any atom is 0.128 e. The largest absolute Gasteiger partial charge is 0.308 e. The molecule has 2 aliphatic rings. The number of nitrogens with one attached hydrogen (secondary N) is 1. The van der Waals surface area contributed by atoms with Crippen LogP contribution >= 0.6 is 0 Å². The summed E-state index contributed by atoms with van der Waals surface area (Å²) in [5.74, 6) is -0.0423. The third-order valence-electron chi connectivity index (χ3n) is 4.65. The third kappa shape index (κ3) is 2.67. The van der Waals surface area contributed by atoms with Gasteiger partial charge < -0.3 is 5.32 Å². The van der Waals surface area contributed by atoms with Crippen molar-refractivity contribution in [2.24, 2.45) is 0 Å². The molecule has 0 amide bonds. The summed E-state index contributed by atoms with van der Waals surface area (Å²) in [7, 11) is 0. The average molecular weight is 262 g/mol. The van der Waals surface area contributed by atoms with Crippen LogP contribution in [0.15, 0.2) is 18.2 Å². The van der Waals surface area contributed by atoms with Gasteiger partial charge in [-0.05, 0) is 63.9 Å². The molecule has 2 heterocycles. The molecule has 19 heavy (non-hydrogen) atoms. The first-order chi connectivity index (χ1) is 9.17. The van der Waals surface area contributed by atoms with Crippen LogP contribution in [0.25, 0.3) is 0 Å². The van der Waals surface area contributed by atoms with Crippen molar-refractivity contribution >= 4 is 0 Å². The molecule has 0 radical (unpaired) electrons. The lowest BCUT2D eigenvalue weighted by Gasteiger charge is -2.25. The van der Waals surface area contributed by atoms with Crippen molar-refractivity contribution in [1.82, 2.24) is 10.2 Å². The molecular formula is C16H23FN2. The number of rotatable bonds is 3. The molecule has 1 aromatic rings. The molecular weight excluding hydrogens is 239 g/mol. The van der Waals surface area contributed by atoms with Crippen LogP contribution in [0, 0.1) is 5.82 Å². The van der Waals surface area contributed by atoms with E-state index in [1.165, 1.54) is 19.3 Å². The standard InChI is InChI=1S/C16H23FN2/c1-16(7-4-8-18-16)14-6-5-13(15(17)11-14)12-19-9-2-3-10-19/h5-6,11,18H,2-4,7-10,12H2,1H3. The first-order valence-electron chi connectivity index (χ1n) is 7.44. The fourth-order valence-corrected chi connectivity index (χ4v) is 3.34. The second-order valence-electron chi connectivity index (χ2n) is 6.15. The first kappa shape index (κ1) is 13.1. The highest BCUT2D eigenvalue weighted by molar-refractivity contribution is 5.30. The lowest BCUT2D eigenvalue weighted by molar-refractivity contribution is 0.325. The summed E-state index contributed by atoms with van der Waals surface area (Å²) in [5.41, 5.74) is 1.90. The molecule has 3 heteroatoms. The van der Waals surface area contributed by atoms with Gasteiger partial charge in [-0.2, -0.15) is 0 Å². The van der Waals surface area contributed by atoms with Crippen molar-refractivity contribution in [1.29, 1.82) is 0 Å². The molecule has 3 rings (SSSR count). The van der Waals surface area contributed by atoms with Crippen molar-refractivity contribution in [3.63, 3.8) is 0 Å². The van der Waals surface area contributed by atoms with E-state index in [1.54, 1.807) is 6.07 Å². The predicted molar refractivity (Wildman–Crippen MR) is 75.5 cm³/mol. The van der Waals surface area contributed by atoms with E-state index in [0.29, 0.717) is 0 Å². The molecule has 0 saturated carbocycles. The normalized spacial score (nSPS) is 28.1. The number of hydrogen-bond acceptors (Lipinski definition) is 2. The maximum absolute atomic E-state index is 14.3. The lowest BCUT2D eigenvalue weighted by Crippen LogP contribution is -2.33. The Bertz CT molecular complexity index is 446. The van der Waals surface area contributed by atoms with Crippen LogP contribution in [-0.2, 0) is 12.1 Å². The number of halogens is 1. The Morgan fingerprint density at radius 2 is 2.05 bits per heavy atom. The molecule has 2 saturated heterocycles. The second-order valence-corrected chi connectivity index (χ2v) is 6.15. The minimum Gasteiger partial charge on any atom is -0.308 e. The molecule has 2 fully saturated rings. The van der Waals surface area contributed by atoms with Crippen LogP contribution in [0.4, 0.5) is 4.39 Å². The van der Waals surface area contributed by atoms with Crippen LogP contribution in [0.3, 0.4) is 0 Å². The van der Waals surface area contributed by atoms with Crippen molar-refractivity contribution in [2.45, 2.75) is 44.7 Å². The van der Waals surface area contributed by atoms with Gasteiger partial charge in [0.25, 0.3) is 0 Å². The molecule has 0 bridgehead atoms. The van der Waals surface area contributed by atoms with Crippen molar-refractivity contribution in [2.75, 3.05) is 19.6 Å². The quantitative estimate of drug-likeness (QED) is 0.901. The van der Waals surface area contributed by atoms with Gasteiger partial charge in [-0.15, -0.1) is 0 Å². The van der Waals surface area contributed by atoms with Crippen LogP contribution in [-0.4, -0.2) is 24.5 Å². The fourth-order valence-electron chi connectivity index (χ4n) is 3.34. The summed E-state index contributed by atoms with van der Waals surface area (Å²) in [6, 6.07) is 5.82. The highest BCUT2D eigenvalue weighted by Crippen LogP contribution is 2.31. The van der Waals surface area contributed by atoms with Crippen LogP contribution < -0.4 is 5.32 Å². The van der Waals surface area contributed by atoms with Gasteiger partial charge in [0.1, 0.15) is 5.82 Å². The summed E-state index contributed by atoms with van der Waals surface area (Å²) >= 11 is 0. The van der Waals surface area contributed by atoms with Crippen LogP contribution in [0.5, 0.6) is 0 Å². The van der Waals surface area contributed by atoms with Crippen molar-refractivity contribution in [3.8, 4) is 0 Å². The fraction of sp³-hybridized carbons (Fsp3) is 0.625. The number of likely N-dealkylation sites (tertiary alicyclic amines) is 1. The number of hydrogen-bond donors (Lipinski definition) is 1. The highest BCUT2D eigenvalue weighted by Gasteiger charge is 2.30. The topological polar surface area (TPSA) is 15.3 Å². The summed E-state index contributed by atoms with van der Waals surface area (Å²) in [6.07, 6.45) is 4.77. The zero-order valence-corrected chi connectivity index (χ0v) is 11.7. The Kier molecular flexibility index (Phi) is 3.59. The van der Waals surface area contributed by atoms with Gasteiger partial charge in [-0.1, -0.05) is 12.1 Å². The lowest BCUT2D eigenvalue weighted by atomic mass is 9.90. The van der Waals surface area contributed by atoms with Gasteiger partial charge in [-0.25, -0.2) is 4.39 Å². The van der Waals surface area contributed by atoms with E-state index in [4.69, 9.17) is 0 Å². The van der Waals surface area contributed by atoms with E-state index in [9.17, 15) is 4.39 Å². The Morgan fingerprint density at radius 3 is 2.68 bits per heavy atom. The maximum atomic E-state index is 14.3. The Labute approximate surface area is 115 Å². The van der Waals surface area contributed by atoms with E-state index in [2.05, 4.69) is 23.2 Å². The first-order valence-corrected chi connectivity index (χ1v) is 7.44. The van der Waals surface area contributed by atoms with Gasteiger partial charge in [0.05, 0.1) is 0 Å². The van der Waals surface area contributed by atoms with Gasteiger partial charge in [-0.3, -0.25) is 4.90 Å². The van der Waals surface area contributed by atoms with E-state index < -0.39 is 0 Å². The van der Waals surface area contributed by atoms with Crippen LogP contribution in [0.1, 0.15) is 43.7 Å². The Hall–Kier alpha value is -0.930. The molecule has 0 spiro atoms. The predicted octanol–water partition coefficient (Wildman–Crippen LogP) is 3.02. The molecule has 1 atom stereocenters. The Balaban J connectivity index is 1.77. The zero-order chi connectivity index (χ0) is 13.3. The van der Waals surface area contributed by atoms with E-state index in [-0.39, 0.29) is 11.4 Å². The van der Waals surface area contributed by atoms with E-state index in [1.807, 2.05) is 6.07 Å². The smallest absolute Gasteiger partial charge is 0.128 e. The van der Waals surface area contributed by atoms with Crippen molar-refractivity contribution in [3.05, 3.63) is 35.1 Å². The molecule has 1 N–H and O–H groups in total. The minimum atomic E-state index is -0.0423. The second kappa shape index (κ2) is 5.22. The van der Waals surface area contributed by atoms with Gasteiger partial charge >= 0.3 is 0 Å². The molecule has 2 aliphatic heterocycles.